The van der Waals surface area contributed by atoms with E-state index in [9.17, 15) is 14.4 Å². The quantitative estimate of drug-likeness (QED) is 0.734. The lowest BCUT2D eigenvalue weighted by atomic mass is 9.99. The van der Waals surface area contributed by atoms with Gasteiger partial charge in [-0.2, -0.15) is 0 Å². The van der Waals surface area contributed by atoms with Crippen LogP contribution in [0.25, 0.3) is 0 Å². The minimum atomic E-state index is -0.994. The maximum absolute atomic E-state index is 12.5. The number of rotatable bonds is 1. The van der Waals surface area contributed by atoms with Gasteiger partial charge in [-0.15, -0.1) is 0 Å². The molecule has 4 amide bonds. The van der Waals surface area contributed by atoms with E-state index < -0.39 is 11.6 Å². The number of urea groups is 1. The van der Waals surface area contributed by atoms with Crippen LogP contribution in [0.1, 0.15) is 16.8 Å². The third-order valence-electron chi connectivity index (χ3n) is 3.73. The molecule has 1 aromatic rings. The lowest BCUT2D eigenvalue weighted by Gasteiger charge is -2.21. The fourth-order valence-electron chi connectivity index (χ4n) is 2.63. The van der Waals surface area contributed by atoms with Crippen LogP contribution in [-0.2, 0) is 4.79 Å². The minimum absolute atomic E-state index is 0.165. The van der Waals surface area contributed by atoms with Crippen LogP contribution < -0.4 is 10.6 Å². The summed E-state index contributed by atoms with van der Waals surface area (Å²) >= 11 is 9.17. The van der Waals surface area contributed by atoms with E-state index in [0.717, 1.165) is 0 Å². The van der Waals surface area contributed by atoms with Gasteiger partial charge in [-0.3, -0.25) is 14.9 Å². The number of benzene rings is 1. The van der Waals surface area contributed by atoms with Gasteiger partial charge in [-0.05, 0) is 40.5 Å². The molecule has 0 radical (unpaired) electrons. The van der Waals surface area contributed by atoms with Crippen molar-refractivity contribution in [3.8, 4) is 0 Å². The molecule has 0 bridgehead atoms. The highest BCUT2D eigenvalue weighted by Crippen LogP contribution is 2.28. The standard InChI is InChI=1S/C13H11BrClN3O3/c14-9-5-7(15)1-2-8(9)10(19)18-4-3-13(6-18)11(20)16-12(21)17-13/h1-2,5H,3-4,6H2,(H2,16,17,20,21). The van der Waals surface area contributed by atoms with Crippen molar-refractivity contribution in [2.75, 3.05) is 13.1 Å². The first-order valence-electron chi connectivity index (χ1n) is 6.29. The second-order valence-corrected chi connectivity index (χ2v) is 6.38. The van der Waals surface area contributed by atoms with Gasteiger partial charge in [0, 0.05) is 16.0 Å². The number of hydrogen-bond acceptors (Lipinski definition) is 3. The van der Waals surface area contributed by atoms with E-state index in [4.69, 9.17) is 11.6 Å². The van der Waals surface area contributed by atoms with Crippen molar-refractivity contribution in [3.05, 3.63) is 33.3 Å². The van der Waals surface area contributed by atoms with E-state index in [1.54, 1.807) is 23.1 Å². The molecule has 2 aliphatic rings. The molecule has 2 aliphatic heterocycles. The van der Waals surface area contributed by atoms with Gasteiger partial charge in [0.15, 0.2) is 0 Å². The summed E-state index contributed by atoms with van der Waals surface area (Å²) in [4.78, 5) is 37.2. The molecule has 2 heterocycles. The molecule has 110 valence electrons. The molecule has 1 atom stereocenters. The summed E-state index contributed by atoms with van der Waals surface area (Å²) < 4.78 is 0.598. The Balaban J connectivity index is 1.82. The summed E-state index contributed by atoms with van der Waals surface area (Å²) in [5.74, 6) is -0.581. The van der Waals surface area contributed by atoms with E-state index in [1.165, 1.54) is 0 Å². The van der Waals surface area contributed by atoms with Gasteiger partial charge < -0.3 is 10.2 Å². The second-order valence-electron chi connectivity index (χ2n) is 5.09. The van der Waals surface area contributed by atoms with Crippen molar-refractivity contribution < 1.29 is 14.4 Å². The summed E-state index contributed by atoms with van der Waals surface area (Å²) in [6, 6.07) is 4.40. The largest absolute Gasteiger partial charge is 0.336 e. The van der Waals surface area contributed by atoms with Crippen molar-refractivity contribution >= 4 is 45.4 Å². The lowest BCUT2D eigenvalue weighted by molar-refractivity contribution is -0.123. The van der Waals surface area contributed by atoms with Crippen molar-refractivity contribution in [1.82, 2.24) is 15.5 Å². The number of carbonyl (C=O) groups is 3. The number of carbonyl (C=O) groups excluding carboxylic acids is 3. The molecule has 3 rings (SSSR count). The molecule has 0 aliphatic carbocycles. The van der Waals surface area contributed by atoms with Crippen LogP contribution in [0.5, 0.6) is 0 Å². The summed E-state index contributed by atoms with van der Waals surface area (Å²) in [5.41, 5.74) is -0.521. The summed E-state index contributed by atoms with van der Waals surface area (Å²) in [6.45, 7) is 0.570. The van der Waals surface area contributed by atoms with E-state index in [0.29, 0.717) is 28.0 Å². The van der Waals surface area contributed by atoms with Crippen LogP contribution in [0, 0.1) is 0 Å². The number of nitrogens with one attached hydrogen (secondary N) is 2. The number of halogens is 2. The molecule has 21 heavy (non-hydrogen) atoms. The number of hydrogen-bond donors (Lipinski definition) is 2. The van der Waals surface area contributed by atoms with E-state index in [2.05, 4.69) is 26.6 Å². The van der Waals surface area contributed by atoms with Crippen molar-refractivity contribution in [3.63, 3.8) is 0 Å². The van der Waals surface area contributed by atoms with Crippen LogP contribution in [0.4, 0.5) is 4.79 Å². The molecular formula is C13H11BrClN3O3. The van der Waals surface area contributed by atoms with Crippen molar-refractivity contribution in [2.45, 2.75) is 12.0 Å². The van der Waals surface area contributed by atoms with Gasteiger partial charge in [-0.1, -0.05) is 11.6 Å². The first-order chi connectivity index (χ1) is 9.91. The van der Waals surface area contributed by atoms with E-state index >= 15 is 0 Å². The molecule has 2 fully saturated rings. The number of imide groups is 1. The summed E-state index contributed by atoms with van der Waals surface area (Å²) in [5, 5.41) is 5.35. The molecule has 1 aromatic carbocycles. The van der Waals surface area contributed by atoms with Gasteiger partial charge in [0.05, 0.1) is 12.1 Å². The Bertz CT molecular complexity index is 666. The predicted octanol–water partition coefficient (Wildman–Crippen LogP) is 1.53. The average molecular weight is 373 g/mol. The molecule has 0 saturated carbocycles. The monoisotopic (exact) mass is 371 g/mol. The molecule has 0 aromatic heterocycles. The maximum Gasteiger partial charge on any atom is 0.322 e. The van der Waals surface area contributed by atoms with Gasteiger partial charge in [0.1, 0.15) is 5.54 Å². The van der Waals surface area contributed by atoms with Crippen LogP contribution in [-0.4, -0.2) is 41.4 Å². The highest BCUT2D eigenvalue weighted by Gasteiger charge is 2.51. The average Bonchev–Trinajstić information content (AvgIpc) is 2.94. The fraction of sp³-hybridized carbons (Fsp3) is 0.308. The zero-order valence-electron chi connectivity index (χ0n) is 10.8. The Hall–Kier alpha value is -1.60. The molecule has 6 nitrogen and oxygen atoms in total. The molecule has 8 heteroatoms. The third kappa shape index (κ3) is 2.40. The Morgan fingerprint density at radius 1 is 1.38 bits per heavy atom. The first-order valence-corrected chi connectivity index (χ1v) is 7.46. The van der Waals surface area contributed by atoms with Crippen molar-refractivity contribution in [1.29, 1.82) is 0 Å². The SMILES string of the molecule is O=C1NC(=O)C2(CCN(C(=O)c3ccc(Cl)cc3Br)C2)N1. The fourth-order valence-corrected chi connectivity index (χ4v) is 3.48. The first kappa shape index (κ1) is 14.3. The van der Waals surface area contributed by atoms with Gasteiger partial charge in [-0.25, -0.2) is 4.79 Å². The topological polar surface area (TPSA) is 78.5 Å². The smallest absolute Gasteiger partial charge is 0.322 e. The minimum Gasteiger partial charge on any atom is -0.336 e. The zero-order chi connectivity index (χ0) is 15.2. The Labute approximate surface area is 133 Å². The Kier molecular flexibility index (Phi) is 3.41. The normalized spacial score (nSPS) is 24.4. The van der Waals surface area contributed by atoms with Gasteiger partial charge in [0.2, 0.25) is 0 Å². The summed E-state index contributed by atoms with van der Waals surface area (Å²) in [6.07, 6.45) is 0.404. The van der Waals surface area contributed by atoms with Crippen LogP contribution >= 0.6 is 27.5 Å². The van der Waals surface area contributed by atoms with E-state index in [1.807, 2.05) is 0 Å². The number of nitrogens with zero attached hydrogens (tertiary/aromatic N) is 1. The summed E-state index contributed by atoms with van der Waals surface area (Å²) in [7, 11) is 0. The predicted molar refractivity (Wildman–Crippen MR) is 79.1 cm³/mol. The Morgan fingerprint density at radius 3 is 2.76 bits per heavy atom. The number of amides is 4. The maximum atomic E-state index is 12.5. The molecule has 2 saturated heterocycles. The second kappa shape index (κ2) is 4.99. The highest BCUT2D eigenvalue weighted by molar-refractivity contribution is 9.10. The van der Waals surface area contributed by atoms with Gasteiger partial charge >= 0.3 is 6.03 Å². The van der Waals surface area contributed by atoms with Crippen molar-refractivity contribution in [2.24, 2.45) is 0 Å². The lowest BCUT2D eigenvalue weighted by Crippen LogP contribution is -2.49. The third-order valence-corrected chi connectivity index (χ3v) is 4.62. The molecular weight excluding hydrogens is 362 g/mol. The van der Waals surface area contributed by atoms with Gasteiger partial charge in [0.25, 0.3) is 11.8 Å². The van der Waals surface area contributed by atoms with Crippen LogP contribution in [0.15, 0.2) is 22.7 Å². The van der Waals surface area contributed by atoms with Crippen LogP contribution in [0.3, 0.4) is 0 Å². The number of likely N-dealkylation sites (tertiary alicyclic amines) is 1. The van der Waals surface area contributed by atoms with E-state index in [-0.39, 0.29) is 18.4 Å². The zero-order valence-corrected chi connectivity index (χ0v) is 13.1. The highest BCUT2D eigenvalue weighted by atomic mass is 79.9. The van der Waals surface area contributed by atoms with Crippen LogP contribution in [0.2, 0.25) is 5.02 Å². The molecule has 1 spiro atoms. The molecule has 1 unspecified atom stereocenters. The Morgan fingerprint density at radius 2 is 2.14 bits per heavy atom. The molecule has 2 N–H and O–H groups in total.